The zero-order valence-corrected chi connectivity index (χ0v) is 8.25. The molecule has 0 heterocycles. The van der Waals surface area contributed by atoms with E-state index in [-0.39, 0.29) is 0 Å². The van der Waals surface area contributed by atoms with E-state index in [9.17, 15) is 0 Å². The lowest BCUT2D eigenvalue weighted by atomic mass is 9.76. The Morgan fingerprint density at radius 3 is 2.58 bits per heavy atom. The van der Waals surface area contributed by atoms with Gasteiger partial charge in [-0.15, -0.1) is 0 Å². The minimum Gasteiger partial charge on any atom is -0.411 e. The van der Waals surface area contributed by atoms with Crippen molar-refractivity contribution in [3.05, 3.63) is 0 Å². The van der Waals surface area contributed by atoms with Crippen molar-refractivity contribution in [1.29, 1.82) is 0 Å². The predicted octanol–water partition coefficient (Wildman–Crippen LogP) is 2.91. The zero-order chi connectivity index (χ0) is 9.14. The minimum atomic E-state index is 0.491. The van der Waals surface area contributed by atoms with Crippen LogP contribution >= 0.6 is 0 Å². The first-order chi connectivity index (χ1) is 5.65. The molecule has 0 aromatic carbocycles. The van der Waals surface area contributed by atoms with Crippen molar-refractivity contribution in [1.82, 2.24) is 0 Å². The fourth-order valence-electron chi connectivity index (χ4n) is 1.91. The largest absolute Gasteiger partial charge is 0.411 e. The van der Waals surface area contributed by atoms with E-state index < -0.39 is 0 Å². The van der Waals surface area contributed by atoms with Gasteiger partial charge >= 0.3 is 0 Å². The molecule has 1 fully saturated rings. The van der Waals surface area contributed by atoms with Gasteiger partial charge < -0.3 is 5.21 Å². The molecule has 0 saturated heterocycles. The molecule has 2 nitrogen and oxygen atoms in total. The molecular formula is C10H19NO. The smallest absolute Gasteiger partial charge is 0.0601 e. The maximum absolute atomic E-state index is 8.75. The minimum absolute atomic E-state index is 0.491. The van der Waals surface area contributed by atoms with Crippen molar-refractivity contribution in [3.63, 3.8) is 0 Å². The SMILES string of the molecule is CC1CCC(C(C)C)CC1=NO. The van der Waals surface area contributed by atoms with E-state index in [0.29, 0.717) is 11.8 Å². The maximum Gasteiger partial charge on any atom is 0.0601 e. The topological polar surface area (TPSA) is 32.6 Å². The molecule has 0 radical (unpaired) electrons. The highest BCUT2D eigenvalue weighted by atomic mass is 16.4. The van der Waals surface area contributed by atoms with Crippen LogP contribution in [0.5, 0.6) is 0 Å². The van der Waals surface area contributed by atoms with Crippen molar-refractivity contribution in [2.75, 3.05) is 0 Å². The van der Waals surface area contributed by atoms with E-state index in [1.165, 1.54) is 12.8 Å². The lowest BCUT2D eigenvalue weighted by Gasteiger charge is -2.29. The van der Waals surface area contributed by atoms with Crippen molar-refractivity contribution >= 4 is 5.71 Å². The molecule has 1 N–H and O–H groups in total. The fourth-order valence-corrected chi connectivity index (χ4v) is 1.91. The Morgan fingerprint density at radius 1 is 1.42 bits per heavy atom. The summed E-state index contributed by atoms with van der Waals surface area (Å²) in [4.78, 5) is 0. The average molecular weight is 169 g/mol. The summed E-state index contributed by atoms with van der Waals surface area (Å²) in [5.74, 6) is 1.94. The molecule has 2 atom stereocenters. The standard InChI is InChI=1S/C10H19NO/c1-7(2)9-5-4-8(3)10(6-9)11-12/h7-9,12H,4-6H2,1-3H3. The second-order valence-electron chi connectivity index (χ2n) is 4.28. The molecule has 1 aliphatic carbocycles. The third-order valence-corrected chi connectivity index (χ3v) is 3.08. The predicted molar refractivity (Wildman–Crippen MR) is 50.6 cm³/mol. The Morgan fingerprint density at radius 2 is 2.08 bits per heavy atom. The van der Waals surface area contributed by atoms with E-state index in [4.69, 9.17) is 5.21 Å². The van der Waals surface area contributed by atoms with Crippen LogP contribution in [-0.4, -0.2) is 10.9 Å². The summed E-state index contributed by atoms with van der Waals surface area (Å²) in [6, 6.07) is 0. The molecule has 0 spiro atoms. The Labute approximate surface area is 74.7 Å². The highest BCUT2D eigenvalue weighted by Crippen LogP contribution is 2.31. The van der Waals surface area contributed by atoms with Gasteiger partial charge in [-0.2, -0.15) is 0 Å². The maximum atomic E-state index is 8.75. The second kappa shape index (κ2) is 3.92. The van der Waals surface area contributed by atoms with Crippen molar-refractivity contribution in [2.45, 2.75) is 40.0 Å². The quantitative estimate of drug-likeness (QED) is 0.475. The van der Waals surface area contributed by atoms with Gasteiger partial charge in [0.2, 0.25) is 0 Å². The molecule has 1 saturated carbocycles. The fraction of sp³-hybridized carbons (Fsp3) is 0.900. The first-order valence-corrected chi connectivity index (χ1v) is 4.86. The Hall–Kier alpha value is -0.530. The van der Waals surface area contributed by atoms with Gasteiger partial charge in [-0.05, 0) is 37.0 Å². The highest BCUT2D eigenvalue weighted by molar-refractivity contribution is 5.86. The third kappa shape index (κ3) is 1.99. The van der Waals surface area contributed by atoms with E-state index in [2.05, 4.69) is 25.9 Å². The van der Waals surface area contributed by atoms with Gasteiger partial charge in [0, 0.05) is 0 Å². The van der Waals surface area contributed by atoms with Crippen LogP contribution < -0.4 is 0 Å². The first kappa shape index (κ1) is 9.56. The van der Waals surface area contributed by atoms with Gasteiger partial charge in [0.05, 0.1) is 5.71 Å². The third-order valence-electron chi connectivity index (χ3n) is 3.08. The molecule has 2 unspecified atom stereocenters. The molecule has 0 aliphatic heterocycles. The molecule has 1 rings (SSSR count). The van der Waals surface area contributed by atoms with E-state index >= 15 is 0 Å². The number of rotatable bonds is 1. The normalized spacial score (nSPS) is 34.5. The average Bonchev–Trinajstić information content (AvgIpc) is 2.05. The molecule has 12 heavy (non-hydrogen) atoms. The number of hydrogen-bond acceptors (Lipinski definition) is 2. The molecule has 0 amide bonds. The molecule has 70 valence electrons. The van der Waals surface area contributed by atoms with Crippen LogP contribution in [0.2, 0.25) is 0 Å². The van der Waals surface area contributed by atoms with Crippen LogP contribution in [0.1, 0.15) is 40.0 Å². The summed E-state index contributed by atoms with van der Waals surface area (Å²) in [6.45, 7) is 6.64. The number of nitrogens with zero attached hydrogens (tertiary/aromatic N) is 1. The van der Waals surface area contributed by atoms with Gasteiger partial charge in [0.1, 0.15) is 0 Å². The summed E-state index contributed by atoms with van der Waals surface area (Å²) >= 11 is 0. The molecular weight excluding hydrogens is 150 g/mol. The lowest BCUT2D eigenvalue weighted by molar-refractivity contribution is 0.285. The van der Waals surface area contributed by atoms with Crippen LogP contribution in [0.25, 0.3) is 0 Å². The molecule has 0 aromatic rings. The summed E-state index contributed by atoms with van der Waals surface area (Å²) < 4.78 is 0. The van der Waals surface area contributed by atoms with Crippen LogP contribution in [0.3, 0.4) is 0 Å². The molecule has 0 bridgehead atoms. The van der Waals surface area contributed by atoms with Crippen LogP contribution in [0.4, 0.5) is 0 Å². The van der Waals surface area contributed by atoms with E-state index in [1.54, 1.807) is 0 Å². The lowest BCUT2D eigenvalue weighted by Crippen LogP contribution is -2.25. The second-order valence-corrected chi connectivity index (χ2v) is 4.28. The summed E-state index contributed by atoms with van der Waals surface area (Å²) in [5.41, 5.74) is 1.000. The van der Waals surface area contributed by atoms with E-state index in [0.717, 1.165) is 18.1 Å². The summed E-state index contributed by atoms with van der Waals surface area (Å²) in [6.07, 6.45) is 3.47. The Balaban J connectivity index is 2.56. The summed E-state index contributed by atoms with van der Waals surface area (Å²) in [5, 5.41) is 12.1. The molecule has 1 aliphatic rings. The van der Waals surface area contributed by atoms with E-state index in [1.807, 2.05) is 0 Å². The van der Waals surface area contributed by atoms with Gasteiger partial charge in [-0.1, -0.05) is 25.9 Å². The Kier molecular flexibility index (Phi) is 3.12. The zero-order valence-electron chi connectivity index (χ0n) is 8.25. The molecule has 2 heteroatoms. The van der Waals surface area contributed by atoms with Gasteiger partial charge in [0.25, 0.3) is 0 Å². The number of oxime groups is 1. The van der Waals surface area contributed by atoms with Crippen molar-refractivity contribution in [2.24, 2.45) is 22.9 Å². The van der Waals surface area contributed by atoms with Crippen molar-refractivity contribution in [3.8, 4) is 0 Å². The van der Waals surface area contributed by atoms with Crippen molar-refractivity contribution < 1.29 is 5.21 Å². The molecule has 0 aromatic heterocycles. The highest BCUT2D eigenvalue weighted by Gasteiger charge is 2.25. The van der Waals surface area contributed by atoms with Gasteiger partial charge in [-0.3, -0.25) is 0 Å². The van der Waals surface area contributed by atoms with Crippen LogP contribution in [-0.2, 0) is 0 Å². The first-order valence-electron chi connectivity index (χ1n) is 4.86. The number of hydrogen-bond donors (Lipinski definition) is 1. The monoisotopic (exact) mass is 169 g/mol. The van der Waals surface area contributed by atoms with Gasteiger partial charge in [0.15, 0.2) is 0 Å². The Bertz CT molecular complexity index is 175. The van der Waals surface area contributed by atoms with Gasteiger partial charge in [-0.25, -0.2) is 0 Å². The van der Waals surface area contributed by atoms with Crippen LogP contribution in [0.15, 0.2) is 5.16 Å². The van der Waals surface area contributed by atoms with Crippen LogP contribution in [0, 0.1) is 17.8 Å². The summed E-state index contributed by atoms with van der Waals surface area (Å²) in [7, 11) is 0.